The number of amides is 2. The highest BCUT2D eigenvalue weighted by atomic mass is 79.9. The van der Waals surface area contributed by atoms with Gasteiger partial charge < -0.3 is 15.6 Å². The summed E-state index contributed by atoms with van der Waals surface area (Å²) in [6.07, 6.45) is 5.16. The van der Waals surface area contributed by atoms with Gasteiger partial charge in [-0.15, -0.1) is 0 Å². The molecule has 1 saturated carbocycles. The number of halogens is 1. The Morgan fingerprint density at radius 1 is 1.00 bits per heavy atom. The van der Waals surface area contributed by atoms with Gasteiger partial charge in [0.25, 0.3) is 5.91 Å². The molecule has 0 spiro atoms. The van der Waals surface area contributed by atoms with Crippen molar-refractivity contribution >= 4 is 50.0 Å². The third-order valence-corrected chi connectivity index (χ3v) is 6.55. The molecule has 2 amide bonds. The zero-order chi connectivity index (χ0) is 23.7. The number of carbonyl (C=O) groups excluding carboxylic acids is 2. The number of carbonyl (C=O) groups is 2. The van der Waals surface area contributed by atoms with Crippen molar-refractivity contribution in [3.63, 3.8) is 0 Å². The van der Waals surface area contributed by atoms with Gasteiger partial charge in [0, 0.05) is 21.3 Å². The van der Waals surface area contributed by atoms with Crippen LogP contribution in [0.4, 0.5) is 11.4 Å². The largest absolute Gasteiger partial charge is 0.439 e. The highest BCUT2D eigenvalue weighted by Crippen LogP contribution is 2.30. The number of aromatic nitrogens is 3. The van der Waals surface area contributed by atoms with E-state index in [1.165, 1.54) is 6.42 Å². The summed E-state index contributed by atoms with van der Waals surface area (Å²) in [5.74, 6) is -0.818. The highest BCUT2D eigenvalue weighted by molar-refractivity contribution is 9.10. The third kappa shape index (κ3) is 4.54. The van der Waals surface area contributed by atoms with Crippen LogP contribution in [0.15, 0.2) is 56.3 Å². The van der Waals surface area contributed by atoms with Gasteiger partial charge in [-0.1, -0.05) is 52.5 Å². The van der Waals surface area contributed by atoms with Crippen LogP contribution in [0.25, 0.3) is 22.3 Å². The summed E-state index contributed by atoms with van der Waals surface area (Å²) >= 11 is 3.39. The van der Waals surface area contributed by atoms with Crippen molar-refractivity contribution in [2.24, 2.45) is 5.92 Å². The van der Waals surface area contributed by atoms with Crippen molar-refractivity contribution in [1.82, 2.24) is 15.1 Å². The van der Waals surface area contributed by atoms with E-state index >= 15 is 0 Å². The van der Waals surface area contributed by atoms with E-state index < -0.39 is 5.76 Å². The first kappa shape index (κ1) is 22.1. The monoisotopic (exact) mass is 523 g/mol. The average molecular weight is 524 g/mol. The zero-order valence-corrected chi connectivity index (χ0v) is 19.7. The van der Waals surface area contributed by atoms with E-state index in [-0.39, 0.29) is 23.6 Å². The fourth-order valence-corrected chi connectivity index (χ4v) is 4.70. The van der Waals surface area contributed by atoms with Gasteiger partial charge in [0.05, 0.1) is 16.9 Å². The Balaban J connectivity index is 1.40. The van der Waals surface area contributed by atoms with Gasteiger partial charge in [0.15, 0.2) is 5.82 Å². The number of hydrogen-bond acceptors (Lipinski definition) is 5. The van der Waals surface area contributed by atoms with Gasteiger partial charge in [0.2, 0.25) is 5.91 Å². The molecule has 2 aromatic heterocycles. The number of fused-ring (bicyclic) bond motifs is 1. The van der Waals surface area contributed by atoms with Crippen molar-refractivity contribution < 1.29 is 14.1 Å². The van der Waals surface area contributed by atoms with Crippen LogP contribution in [-0.2, 0) is 4.79 Å². The fraction of sp³-hybridized carbons (Fsp3) is 0.250. The smallest absolute Gasteiger partial charge is 0.349 e. The lowest BCUT2D eigenvalue weighted by Gasteiger charge is -2.20. The van der Waals surface area contributed by atoms with Crippen LogP contribution in [0.5, 0.6) is 0 Å². The molecule has 1 aliphatic carbocycles. The second kappa shape index (κ2) is 9.30. The number of nitrogens with zero attached hydrogens (tertiary/aromatic N) is 1. The lowest BCUT2D eigenvalue weighted by molar-refractivity contribution is -0.120. The van der Waals surface area contributed by atoms with E-state index in [1.807, 2.05) is 18.2 Å². The van der Waals surface area contributed by atoms with E-state index in [1.54, 1.807) is 24.3 Å². The van der Waals surface area contributed by atoms with Crippen LogP contribution >= 0.6 is 15.9 Å². The summed E-state index contributed by atoms with van der Waals surface area (Å²) in [5, 5.41) is 10.4. The lowest BCUT2D eigenvalue weighted by Crippen LogP contribution is -2.24. The molecule has 4 N–H and O–H groups in total. The molecule has 5 rings (SSSR count). The predicted molar refractivity (Wildman–Crippen MR) is 132 cm³/mol. The van der Waals surface area contributed by atoms with Crippen molar-refractivity contribution in [2.45, 2.75) is 32.1 Å². The van der Waals surface area contributed by atoms with Crippen LogP contribution in [0, 0.1) is 5.92 Å². The van der Waals surface area contributed by atoms with Gasteiger partial charge in [0.1, 0.15) is 5.69 Å². The number of para-hydroxylation sites is 1. The highest BCUT2D eigenvalue weighted by Gasteiger charge is 2.22. The van der Waals surface area contributed by atoms with E-state index in [9.17, 15) is 14.4 Å². The summed E-state index contributed by atoms with van der Waals surface area (Å²) in [5.41, 5.74) is 2.61. The van der Waals surface area contributed by atoms with Crippen LogP contribution in [-0.4, -0.2) is 26.9 Å². The Kier molecular flexibility index (Phi) is 6.06. The molecule has 0 aliphatic heterocycles. The van der Waals surface area contributed by atoms with E-state index in [4.69, 9.17) is 0 Å². The van der Waals surface area contributed by atoms with Crippen LogP contribution in [0.3, 0.4) is 0 Å². The minimum absolute atomic E-state index is 0.0221. The van der Waals surface area contributed by atoms with Crippen LogP contribution in [0.1, 0.15) is 42.6 Å². The van der Waals surface area contributed by atoms with Gasteiger partial charge in [-0.25, -0.2) is 4.79 Å². The molecule has 34 heavy (non-hydrogen) atoms. The number of nitrogens with one attached hydrogen (secondary N) is 4. The van der Waals surface area contributed by atoms with Crippen LogP contribution in [0.2, 0.25) is 0 Å². The van der Waals surface area contributed by atoms with Gasteiger partial charge in [-0.05, 0) is 43.2 Å². The standard InChI is InChI=1S/C24H22BrN5O4/c25-15-9-10-17(16(12-15)21-29-24(33)34-30-21)27-23(32)19-11-14-7-4-8-18(20(14)26-19)28-22(31)13-5-2-1-3-6-13/h4,7-13,26H,1-3,5-6H2,(H,27,32)(H,28,31)(H,29,30,33). The topological polar surface area (TPSA) is 133 Å². The maximum atomic E-state index is 13.1. The second-order valence-electron chi connectivity index (χ2n) is 8.36. The molecule has 2 heterocycles. The SMILES string of the molecule is O=C(Nc1ccc(Br)cc1-c1noc(=O)[nH]1)c1cc2cccc(NC(=O)C3CCCCC3)c2[nH]1. The van der Waals surface area contributed by atoms with E-state index in [0.29, 0.717) is 28.1 Å². The fourth-order valence-electron chi connectivity index (χ4n) is 4.34. The molecule has 174 valence electrons. The number of aromatic amines is 2. The number of benzene rings is 2. The summed E-state index contributed by atoms with van der Waals surface area (Å²) in [7, 11) is 0. The van der Waals surface area contributed by atoms with Crippen molar-refractivity contribution in [1.29, 1.82) is 0 Å². The maximum absolute atomic E-state index is 13.1. The molecular formula is C24H22BrN5O4. The first-order valence-corrected chi connectivity index (χ1v) is 11.9. The predicted octanol–water partition coefficient (Wildman–Crippen LogP) is 5.04. The lowest BCUT2D eigenvalue weighted by atomic mass is 9.88. The Bertz CT molecular complexity index is 1430. The Morgan fingerprint density at radius 3 is 2.59 bits per heavy atom. The summed E-state index contributed by atoms with van der Waals surface area (Å²) in [6.45, 7) is 0. The molecule has 0 unspecified atom stereocenters. The van der Waals surface area contributed by atoms with Crippen molar-refractivity contribution in [2.75, 3.05) is 10.6 Å². The molecule has 0 bridgehead atoms. The molecule has 0 saturated heterocycles. The normalized spacial score (nSPS) is 14.3. The number of H-pyrrole nitrogens is 2. The zero-order valence-electron chi connectivity index (χ0n) is 18.1. The number of hydrogen-bond donors (Lipinski definition) is 4. The number of anilines is 2. The summed E-state index contributed by atoms with van der Waals surface area (Å²) < 4.78 is 5.35. The molecule has 4 aromatic rings. The molecule has 0 radical (unpaired) electrons. The third-order valence-electron chi connectivity index (χ3n) is 6.06. The van der Waals surface area contributed by atoms with E-state index in [2.05, 4.69) is 46.2 Å². The molecule has 0 atom stereocenters. The quantitative estimate of drug-likeness (QED) is 0.290. The first-order valence-electron chi connectivity index (χ1n) is 11.1. The Labute approximate surface area is 202 Å². The molecule has 9 nitrogen and oxygen atoms in total. The minimum Gasteiger partial charge on any atom is -0.349 e. The second-order valence-corrected chi connectivity index (χ2v) is 9.28. The van der Waals surface area contributed by atoms with Crippen LogP contribution < -0.4 is 16.4 Å². The maximum Gasteiger partial charge on any atom is 0.439 e. The van der Waals surface area contributed by atoms with Crippen molar-refractivity contribution in [3.8, 4) is 11.4 Å². The summed E-state index contributed by atoms with van der Waals surface area (Å²) in [6, 6.07) is 12.5. The minimum atomic E-state index is -0.689. The van der Waals surface area contributed by atoms with E-state index in [0.717, 1.165) is 35.5 Å². The van der Waals surface area contributed by atoms with Gasteiger partial charge >= 0.3 is 5.76 Å². The summed E-state index contributed by atoms with van der Waals surface area (Å²) in [4.78, 5) is 42.9. The molecule has 1 aliphatic rings. The molecule has 2 aromatic carbocycles. The van der Waals surface area contributed by atoms with Crippen molar-refractivity contribution in [3.05, 3.63) is 63.2 Å². The average Bonchev–Trinajstić information content (AvgIpc) is 3.48. The number of rotatable bonds is 5. The molecular weight excluding hydrogens is 502 g/mol. The first-order chi connectivity index (χ1) is 16.5. The van der Waals surface area contributed by atoms with Gasteiger partial charge in [-0.2, -0.15) is 0 Å². The van der Waals surface area contributed by atoms with Gasteiger partial charge in [-0.3, -0.25) is 19.1 Å². The molecule has 10 heteroatoms. The molecule has 1 fully saturated rings. The Hall–Kier alpha value is -3.66. The Morgan fingerprint density at radius 2 is 1.82 bits per heavy atom.